The zero-order valence-corrected chi connectivity index (χ0v) is 16.0. The predicted octanol–water partition coefficient (Wildman–Crippen LogP) is 2.50. The van der Waals surface area contributed by atoms with Crippen LogP contribution in [0.1, 0.15) is 17.5 Å². The van der Waals surface area contributed by atoms with Gasteiger partial charge in [0.05, 0.1) is 24.1 Å². The number of alkyl halides is 3. The SMILES string of the molecule is CN(c1cnccc1C(F)(F)F)C1CCN(C(O)COc2ccc(CO)cc2)C1. The average Bonchev–Trinajstić information content (AvgIpc) is 3.21. The van der Waals surface area contributed by atoms with Crippen molar-refractivity contribution in [3.05, 3.63) is 53.9 Å². The number of likely N-dealkylation sites (N-methyl/N-ethyl adjacent to an activating group) is 1. The maximum atomic E-state index is 13.3. The summed E-state index contributed by atoms with van der Waals surface area (Å²) in [5.41, 5.74) is 0.0715. The van der Waals surface area contributed by atoms with E-state index in [1.165, 1.54) is 6.20 Å². The van der Waals surface area contributed by atoms with Gasteiger partial charge in [0.15, 0.2) is 0 Å². The number of ether oxygens (including phenoxy) is 1. The van der Waals surface area contributed by atoms with E-state index in [0.29, 0.717) is 25.3 Å². The molecule has 3 rings (SSSR count). The van der Waals surface area contributed by atoms with Crippen LogP contribution < -0.4 is 9.64 Å². The third kappa shape index (κ3) is 5.17. The normalized spacial score (nSPS) is 18.6. The molecule has 1 aromatic heterocycles. The summed E-state index contributed by atoms with van der Waals surface area (Å²) in [7, 11) is 1.62. The molecule has 9 heteroatoms. The molecule has 2 unspecified atom stereocenters. The van der Waals surface area contributed by atoms with Gasteiger partial charge in [0.1, 0.15) is 18.6 Å². The number of aliphatic hydroxyl groups is 2. The van der Waals surface area contributed by atoms with E-state index < -0.39 is 18.0 Å². The molecular weight excluding hydrogens is 387 g/mol. The van der Waals surface area contributed by atoms with Gasteiger partial charge >= 0.3 is 6.18 Å². The Kier molecular flexibility index (Phi) is 6.61. The van der Waals surface area contributed by atoms with Crippen LogP contribution in [-0.4, -0.2) is 59.1 Å². The van der Waals surface area contributed by atoms with Gasteiger partial charge in [0, 0.05) is 32.4 Å². The first-order valence-corrected chi connectivity index (χ1v) is 9.28. The van der Waals surface area contributed by atoms with E-state index in [1.807, 2.05) is 0 Å². The molecule has 1 aliphatic heterocycles. The Bertz CT molecular complexity index is 802. The van der Waals surface area contributed by atoms with Crippen molar-refractivity contribution in [2.75, 3.05) is 31.6 Å². The van der Waals surface area contributed by atoms with Crippen LogP contribution in [0.5, 0.6) is 5.75 Å². The highest BCUT2D eigenvalue weighted by atomic mass is 19.4. The summed E-state index contributed by atoms with van der Waals surface area (Å²) in [6, 6.07) is 7.67. The molecule has 6 nitrogen and oxygen atoms in total. The molecular formula is C20H24F3N3O3. The molecule has 0 amide bonds. The minimum atomic E-state index is -4.45. The molecule has 2 heterocycles. The van der Waals surface area contributed by atoms with Gasteiger partial charge in [-0.2, -0.15) is 13.2 Å². The number of nitrogens with zero attached hydrogens (tertiary/aromatic N) is 3. The number of aliphatic hydroxyl groups excluding tert-OH is 2. The molecule has 0 spiro atoms. The van der Waals surface area contributed by atoms with E-state index in [4.69, 9.17) is 9.84 Å². The second kappa shape index (κ2) is 8.98. The molecule has 0 bridgehead atoms. The summed E-state index contributed by atoms with van der Waals surface area (Å²) >= 11 is 0. The number of hydrogen-bond acceptors (Lipinski definition) is 6. The molecule has 0 saturated carbocycles. The highest BCUT2D eigenvalue weighted by molar-refractivity contribution is 5.53. The minimum Gasteiger partial charge on any atom is -0.489 e. The van der Waals surface area contributed by atoms with Crippen molar-refractivity contribution in [1.29, 1.82) is 0 Å². The molecule has 2 aromatic rings. The van der Waals surface area contributed by atoms with Gasteiger partial charge in [0.25, 0.3) is 0 Å². The molecule has 2 atom stereocenters. The minimum absolute atomic E-state index is 0.0292. The fraction of sp³-hybridized carbons (Fsp3) is 0.450. The molecule has 1 aliphatic rings. The standard InChI is InChI=1S/C20H24F3N3O3/c1-25(18-10-24-8-6-17(18)20(21,22)23)15-7-9-26(11-15)19(28)13-29-16-4-2-14(12-27)3-5-16/h2-6,8,10,15,19,27-28H,7,9,11-13H2,1H3. The second-order valence-corrected chi connectivity index (χ2v) is 7.03. The lowest BCUT2D eigenvalue weighted by molar-refractivity contribution is -0.137. The van der Waals surface area contributed by atoms with Gasteiger partial charge < -0.3 is 19.8 Å². The summed E-state index contributed by atoms with van der Waals surface area (Å²) in [6.07, 6.45) is -2.35. The zero-order valence-electron chi connectivity index (χ0n) is 16.0. The number of rotatable bonds is 7. The highest BCUT2D eigenvalue weighted by Crippen LogP contribution is 2.37. The summed E-state index contributed by atoms with van der Waals surface area (Å²) in [5.74, 6) is 0.569. The smallest absolute Gasteiger partial charge is 0.418 e. The molecule has 0 radical (unpaired) electrons. The highest BCUT2D eigenvalue weighted by Gasteiger charge is 2.37. The largest absolute Gasteiger partial charge is 0.489 e. The Hall–Kier alpha value is -2.36. The summed E-state index contributed by atoms with van der Waals surface area (Å²) in [6.45, 7) is 0.940. The Labute approximate surface area is 167 Å². The summed E-state index contributed by atoms with van der Waals surface area (Å²) in [4.78, 5) is 7.21. The Balaban J connectivity index is 1.58. The zero-order chi connectivity index (χ0) is 21.0. The molecule has 1 aromatic carbocycles. The first-order valence-electron chi connectivity index (χ1n) is 9.28. The third-order valence-corrected chi connectivity index (χ3v) is 5.15. The molecule has 158 valence electrons. The first kappa shape index (κ1) is 21.4. The van der Waals surface area contributed by atoms with Crippen LogP contribution in [0, 0.1) is 0 Å². The fourth-order valence-corrected chi connectivity index (χ4v) is 3.43. The number of likely N-dealkylation sites (tertiary alicyclic amines) is 1. The van der Waals surface area contributed by atoms with Gasteiger partial charge in [-0.25, -0.2) is 0 Å². The van der Waals surface area contributed by atoms with Crippen molar-refractivity contribution in [1.82, 2.24) is 9.88 Å². The Morgan fingerprint density at radius 2 is 2.00 bits per heavy atom. The van der Waals surface area contributed by atoms with E-state index in [1.54, 1.807) is 41.1 Å². The third-order valence-electron chi connectivity index (χ3n) is 5.15. The van der Waals surface area contributed by atoms with Gasteiger partial charge in [-0.05, 0) is 30.2 Å². The number of halogens is 3. The van der Waals surface area contributed by atoms with Crippen molar-refractivity contribution in [2.45, 2.75) is 31.5 Å². The molecule has 1 saturated heterocycles. The Morgan fingerprint density at radius 1 is 1.28 bits per heavy atom. The van der Waals surface area contributed by atoms with Crippen LogP contribution in [0.3, 0.4) is 0 Å². The topological polar surface area (TPSA) is 69.1 Å². The Morgan fingerprint density at radius 3 is 2.66 bits per heavy atom. The van der Waals surface area contributed by atoms with Crippen molar-refractivity contribution < 1.29 is 28.1 Å². The number of hydrogen-bond donors (Lipinski definition) is 2. The number of anilines is 1. The van der Waals surface area contributed by atoms with E-state index in [2.05, 4.69) is 4.98 Å². The van der Waals surface area contributed by atoms with Gasteiger partial charge in [0.2, 0.25) is 0 Å². The lowest BCUT2D eigenvalue weighted by Gasteiger charge is -2.30. The average molecular weight is 411 g/mol. The lowest BCUT2D eigenvalue weighted by atomic mass is 10.1. The van der Waals surface area contributed by atoms with Crippen LogP contribution in [0.4, 0.5) is 18.9 Å². The van der Waals surface area contributed by atoms with Crippen LogP contribution in [0.25, 0.3) is 0 Å². The van der Waals surface area contributed by atoms with Crippen molar-refractivity contribution in [2.24, 2.45) is 0 Å². The number of aromatic nitrogens is 1. The van der Waals surface area contributed by atoms with Crippen LogP contribution in [0.2, 0.25) is 0 Å². The van der Waals surface area contributed by atoms with Crippen LogP contribution in [0.15, 0.2) is 42.7 Å². The number of pyridine rings is 1. The van der Waals surface area contributed by atoms with Crippen molar-refractivity contribution >= 4 is 5.69 Å². The van der Waals surface area contributed by atoms with Gasteiger partial charge in [-0.15, -0.1) is 0 Å². The quantitative estimate of drug-likeness (QED) is 0.730. The molecule has 29 heavy (non-hydrogen) atoms. The van der Waals surface area contributed by atoms with Crippen molar-refractivity contribution in [3.8, 4) is 5.75 Å². The second-order valence-electron chi connectivity index (χ2n) is 7.03. The van der Waals surface area contributed by atoms with E-state index >= 15 is 0 Å². The van der Waals surface area contributed by atoms with E-state index in [-0.39, 0.29) is 24.9 Å². The van der Waals surface area contributed by atoms with Crippen molar-refractivity contribution in [3.63, 3.8) is 0 Å². The van der Waals surface area contributed by atoms with Gasteiger partial charge in [-0.3, -0.25) is 9.88 Å². The summed E-state index contributed by atoms with van der Waals surface area (Å²) in [5, 5.41) is 19.5. The molecule has 1 fully saturated rings. The maximum absolute atomic E-state index is 13.3. The molecule has 2 N–H and O–H groups in total. The van der Waals surface area contributed by atoms with E-state index in [9.17, 15) is 18.3 Å². The fourth-order valence-electron chi connectivity index (χ4n) is 3.43. The van der Waals surface area contributed by atoms with Crippen LogP contribution in [-0.2, 0) is 12.8 Å². The van der Waals surface area contributed by atoms with Crippen LogP contribution >= 0.6 is 0 Å². The monoisotopic (exact) mass is 411 g/mol. The number of benzene rings is 1. The maximum Gasteiger partial charge on any atom is 0.418 e. The molecule has 0 aliphatic carbocycles. The van der Waals surface area contributed by atoms with E-state index in [0.717, 1.165) is 17.8 Å². The first-order chi connectivity index (χ1) is 13.8. The predicted molar refractivity (Wildman–Crippen MR) is 101 cm³/mol. The lowest BCUT2D eigenvalue weighted by Crippen LogP contribution is -2.41. The van der Waals surface area contributed by atoms with Gasteiger partial charge in [-0.1, -0.05) is 12.1 Å². The summed E-state index contributed by atoms with van der Waals surface area (Å²) < 4.78 is 45.4.